The van der Waals surface area contributed by atoms with Gasteiger partial charge in [-0.15, -0.1) is 0 Å². The van der Waals surface area contributed by atoms with Gasteiger partial charge >= 0.3 is 0 Å². The van der Waals surface area contributed by atoms with Crippen molar-refractivity contribution in [1.29, 1.82) is 0 Å². The number of thioether (sulfide) groups is 1. The van der Waals surface area contributed by atoms with E-state index in [0.29, 0.717) is 19.3 Å². The molecule has 1 aliphatic heterocycles. The summed E-state index contributed by atoms with van der Waals surface area (Å²) in [6.07, 6.45) is 4.02. The molecule has 1 aliphatic carbocycles. The Kier molecular flexibility index (Phi) is 4.73. The molecule has 2 unspecified atom stereocenters. The minimum absolute atomic E-state index is 0.654. The highest BCUT2D eigenvalue weighted by Gasteiger charge is 2.26. The summed E-state index contributed by atoms with van der Waals surface area (Å²) < 4.78 is 11.2. The number of rotatable bonds is 5. The average Bonchev–Trinajstić information content (AvgIpc) is 2.93. The molecule has 1 saturated carbocycles. The fourth-order valence-electron chi connectivity index (χ4n) is 3.02. The third kappa shape index (κ3) is 3.23. The first-order valence-electron chi connectivity index (χ1n) is 7.60. The summed E-state index contributed by atoms with van der Waals surface area (Å²) in [7, 11) is 0. The molecule has 0 radical (unpaired) electrons. The van der Waals surface area contributed by atoms with Gasteiger partial charge in [-0.1, -0.05) is 19.4 Å². The van der Waals surface area contributed by atoms with E-state index in [2.05, 4.69) is 36.1 Å². The molecule has 1 N–H and O–H groups in total. The van der Waals surface area contributed by atoms with Crippen molar-refractivity contribution >= 4 is 11.8 Å². The number of hydrogen-bond donors (Lipinski definition) is 1. The Labute approximate surface area is 125 Å². The zero-order valence-corrected chi connectivity index (χ0v) is 12.9. The van der Waals surface area contributed by atoms with Crippen LogP contribution in [0, 0.1) is 0 Å². The normalized spacial score (nSPS) is 24.9. The Balaban J connectivity index is 1.58. The smallest absolute Gasteiger partial charge is 0.161 e. The number of nitrogens with one attached hydrogen (secondary N) is 1. The first kappa shape index (κ1) is 14.1. The molecule has 2 atom stereocenters. The van der Waals surface area contributed by atoms with Gasteiger partial charge in [0.25, 0.3) is 0 Å². The highest BCUT2D eigenvalue weighted by atomic mass is 32.2. The maximum atomic E-state index is 5.64. The zero-order chi connectivity index (χ0) is 13.8. The largest absolute Gasteiger partial charge is 0.486 e. The molecule has 0 saturated heterocycles. The minimum atomic E-state index is 0.654. The maximum absolute atomic E-state index is 5.64. The first-order chi connectivity index (χ1) is 9.86. The topological polar surface area (TPSA) is 30.5 Å². The standard InChI is InChI=1S/C16H23NO2S/c1-2-20-16-5-3-4-13(16)17-11-12-6-7-14-15(10-12)19-9-8-18-14/h6-7,10,13,16-17H,2-5,8-9,11H2,1H3. The van der Waals surface area contributed by atoms with E-state index in [9.17, 15) is 0 Å². The summed E-state index contributed by atoms with van der Waals surface area (Å²) >= 11 is 2.10. The first-order valence-corrected chi connectivity index (χ1v) is 8.65. The van der Waals surface area contributed by atoms with Crippen LogP contribution >= 0.6 is 11.8 Å². The zero-order valence-electron chi connectivity index (χ0n) is 12.1. The van der Waals surface area contributed by atoms with Crippen LogP contribution in [0.25, 0.3) is 0 Å². The molecule has 20 heavy (non-hydrogen) atoms. The number of benzene rings is 1. The third-order valence-electron chi connectivity index (χ3n) is 4.01. The Morgan fingerprint density at radius 2 is 2.05 bits per heavy atom. The lowest BCUT2D eigenvalue weighted by atomic mass is 10.1. The van der Waals surface area contributed by atoms with Crippen LogP contribution in [0.4, 0.5) is 0 Å². The van der Waals surface area contributed by atoms with Gasteiger partial charge in [-0.3, -0.25) is 0 Å². The third-order valence-corrected chi connectivity index (χ3v) is 5.33. The van der Waals surface area contributed by atoms with E-state index in [1.807, 2.05) is 6.07 Å². The monoisotopic (exact) mass is 293 g/mol. The Morgan fingerprint density at radius 3 is 2.90 bits per heavy atom. The lowest BCUT2D eigenvalue weighted by Crippen LogP contribution is -2.33. The van der Waals surface area contributed by atoms with Gasteiger partial charge in [-0.05, 0) is 36.3 Å². The van der Waals surface area contributed by atoms with Crippen LogP contribution in [0.2, 0.25) is 0 Å². The van der Waals surface area contributed by atoms with Crippen LogP contribution in [-0.2, 0) is 6.54 Å². The van der Waals surface area contributed by atoms with Crippen molar-refractivity contribution in [3.63, 3.8) is 0 Å². The molecule has 4 heteroatoms. The van der Waals surface area contributed by atoms with Crippen LogP contribution in [0.3, 0.4) is 0 Å². The van der Waals surface area contributed by atoms with Gasteiger partial charge in [-0.2, -0.15) is 11.8 Å². The Hall–Kier alpha value is -0.870. The van der Waals surface area contributed by atoms with Crippen LogP contribution in [0.15, 0.2) is 18.2 Å². The molecule has 0 aromatic heterocycles. The van der Waals surface area contributed by atoms with Crippen molar-refractivity contribution in [2.45, 2.75) is 44.0 Å². The number of ether oxygens (including phenoxy) is 2. The second-order valence-electron chi connectivity index (χ2n) is 5.39. The summed E-state index contributed by atoms with van der Waals surface area (Å²) in [4.78, 5) is 0. The summed E-state index contributed by atoms with van der Waals surface area (Å²) in [5.74, 6) is 2.98. The van der Waals surface area contributed by atoms with Crippen LogP contribution in [-0.4, -0.2) is 30.3 Å². The minimum Gasteiger partial charge on any atom is -0.486 e. The predicted octanol–water partition coefficient (Wildman–Crippen LogP) is 3.22. The van der Waals surface area contributed by atoms with Crippen molar-refractivity contribution in [3.05, 3.63) is 23.8 Å². The fourth-order valence-corrected chi connectivity index (χ4v) is 4.25. The number of hydrogen-bond acceptors (Lipinski definition) is 4. The van der Waals surface area contributed by atoms with Crippen LogP contribution in [0.1, 0.15) is 31.7 Å². The molecule has 0 spiro atoms. The molecular weight excluding hydrogens is 270 g/mol. The van der Waals surface area contributed by atoms with E-state index in [1.54, 1.807) is 0 Å². The lowest BCUT2D eigenvalue weighted by molar-refractivity contribution is 0.171. The Bertz CT molecular complexity index is 452. The summed E-state index contributed by atoms with van der Waals surface area (Å²) in [6, 6.07) is 6.93. The van der Waals surface area contributed by atoms with Gasteiger partial charge in [0.2, 0.25) is 0 Å². The second-order valence-corrected chi connectivity index (χ2v) is 6.91. The van der Waals surface area contributed by atoms with Gasteiger partial charge < -0.3 is 14.8 Å². The Morgan fingerprint density at radius 1 is 1.20 bits per heavy atom. The van der Waals surface area contributed by atoms with Crippen LogP contribution < -0.4 is 14.8 Å². The molecule has 110 valence electrons. The van der Waals surface area contributed by atoms with Gasteiger partial charge in [0.05, 0.1) is 0 Å². The van der Waals surface area contributed by atoms with Crippen molar-refractivity contribution in [2.24, 2.45) is 0 Å². The quantitative estimate of drug-likeness (QED) is 0.903. The summed E-state index contributed by atoms with van der Waals surface area (Å²) in [6.45, 7) is 4.48. The van der Waals surface area contributed by atoms with Gasteiger partial charge in [0, 0.05) is 17.8 Å². The molecule has 2 aliphatic rings. The molecule has 0 amide bonds. The van der Waals surface area contributed by atoms with Crippen LogP contribution in [0.5, 0.6) is 11.5 Å². The van der Waals surface area contributed by atoms with E-state index in [-0.39, 0.29) is 0 Å². The van der Waals surface area contributed by atoms with Crippen molar-refractivity contribution < 1.29 is 9.47 Å². The summed E-state index contributed by atoms with van der Waals surface area (Å²) in [5.41, 5.74) is 1.28. The molecule has 1 aromatic carbocycles. The second kappa shape index (κ2) is 6.72. The molecular formula is C16H23NO2S. The van der Waals surface area contributed by atoms with Gasteiger partial charge in [-0.25, -0.2) is 0 Å². The van der Waals surface area contributed by atoms with E-state index in [0.717, 1.165) is 23.3 Å². The summed E-state index contributed by atoms with van der Waals surface area (Å²) in [5, 5.41) is 4.51. The molecule has 1 heterocycles. The molecule has 3 nitrogen and oxygen atoms in total. The molecule has 1 fully saturated rings. The highest BCUT2D eigenvalue weighted by Crippen LogP contribution is 2.32. The SMILES string of the molecule is CCSC1CCCC1NCc1ccc2c(c1)OCCO2. The molecule has 0 bridgehead atoms. The lowest BCUT2D eigenvalue weighted by Gasteiger charge is -2.22. The highest BCUT2D eigenvalue weighted by molar-refractivity contribution is 7.99. The molecule has 3 rings (SSSR count). The molecule has 1 aromatic rings. The fraction of sp³-hybridized carbons (Fsp3) is 0.625. The van der Waals surface area contributed by atoms with Crippen molar-refractivity contribution in [2.75, 3.05) is 19.0 Å². The van der Waals surface area contributed by atoms with E-state index < -0.39 is 0 Å². The number of fused-ring (bicyclic) bond motifs is 1. The van der Waals surface area contributed by atoms with Gasteiger partial charge in [0.15, 0.2) is 11.5 Å². The predicted molar refractivity (Wildman–Crippen MR) is 83.8 cm³/mol. The van der Waals surface area contributed by atoms with Crippen molar-refractivity contribution in [3.8, 4) is 11.5 Å². The average molecular weight is 293 g/mol. The van der Waals surface area contributed by atoms with Gasteiger partial charge in [0.1, 0.15) is 13.2 Å². The van der Waals surface area contributed by atoms with E-state index >= 15 is 0 Å². The van der Waals surface area contributed by atoms with E-state index in [1.165, 1.54) is 30.6 Å². The van der Waals surface area contributed by atoms with E-state index in [4.69, 9.17) is 9.47 Å². The maximum Gasteiger partial charge on any atom is 0.161 e. The van der Waals surface area contributed by atoms with Crippen molar-refractivity contribution in [1.82, 2.24) is 5.32 Å².